The van der Waals surface area contributed by atoms with Crippen LogP contribution in [0.15, 0.2) is 30.3 Å². The standard InChI is InChI=1S/C14H15NO3/c1-18-14(17)9-6-11-4-7-12(8-5-11)15-10-2-3-13(15)16/h4-9H,2-3,10H2,1H3/b9-6+. The Morgan fingerprint density at radius 1 is 1.33 bits per heavy atom. The van der Waals surface area contributed by atoms with Crippen LogP contribution in [0, 0.1) is 0 Å². The Bertz CT molecular complexity index is 476. The lowest BCUT2D eigenvalue weighted by Gasteiger charge is -2.15. The smallest absolute Gasteiger partial charge is 0.330 e. The number of carbonyl (C=O) groups is 2. The van der Waals surface area contributed by atoms with Crippen LogP contribution in [0.3, 0.4) is 0 Å². The molecule has 0 bridgehead atoms. The van der Waals surface area contributed by atoms with Crippen molar-refractivity contribution in [2.45, 2.75) is 12.8 Å². The summed E-state index contributed by atoms with van der Waals surface area (Å²) < 4.78 is 4.51. The van der Waals surface area contributed by atoms with E-state index < -0.39 is 0 Å². The van der Waals surface area contributed by atoms with E-state index >= 15 is 0 Å². The minimum absolute atomic E-state index is 0.174. The molecule has 0 unspecified atom stereocenters. The van der Waals surface area contributed by atoms with Crippen LogP contribution in [0.25, 0.3) is 6.08 Å². The third-order valence-electron chi connectivity index (χ3n) is 2.89. The van der Waals surface area contributed by atoms with E-state index in [1.54, 1.807) is 11.0 Å². The fourth-order valence-electron chi connectivity index (χ4n) is 1.92. The molecule has 0 saturated carbocycles. The van der Waals surface area contributed by atoms with Gasteiger partial charge in [0.2, 0.25) is 5.91 Å². The van der Waals surface area contributed by atoms with Gasteiger partial charge in [-0.05, 0) is 30.2 Å². The van der Waals surface area contributed by atoms with Gasteiger partial charge in [-0.25, -0.2) is 4.79 Å². The van der Waals surface area contributed by atoms with Crippen LogP contribution in [0.5, 0.6) is 0 Å². The molecule has 18 heavy (non-hydrogen) atoms. The first-order valence-corrected chi connectivity index (χ1v) is 5.87. The van der Waals surface area contributed by atoms with Gasteiger partial charge >= 0.3 is 5.97 Å². The summed E-state index contributed by atoms with van der Waals surface area (Å²) in [6, 6.07) is 7.53. The molecule has 1 heterocycles. The topological polar surface area (TPSA) is 46.6 Å². The van der Waals surface area contributed by atoms with Gasteiger partial charge in [0.05, 0.1) is 7.11 Å². The number of anilines is 1. The molecule has 94 valence electrons. The van der Waals surface area contributed by atoms with Crippen molar-refractivity contribution in [3.05, 3.63) is 35.9 Å². The van der Waals surface area contributed by atoms with E-state index in [0.717, 1.165) is 24.2 Å². The summed E-state index contributed by atoms with van der Waals surface area (Å²) in [7, 11) is 1.34. The monoisotopic (exact) mass is 245 g/mol. The maximum atomic E-state index is 11.6. The summed E-state index contributed by atoms with van der Waals surface area (Å²) in [6.07, 6.45) is 4.60. The molecule has 0 aromatic heterocycles. The number of nitrogens with zero attached hydrogens (tertiary/aromatic N) is 1. The zero-order chi connectivity index (χ0) is 13.0. The number of amides is 1. The van der Waals surface area contributed by atoms with Crippen molar-refractivity contribution in [3.63, 3.8) is 0 Å². The summed E-state index contributed by atoms with van der Waals surface area (Å²) in [6.45, 7) is 0.788. The molecule has 1 fully saturated rings. The average molecular weight is 245 g/mol. The largest absolute Gasteiger partial charge is 0.466 e. The number of benzene rings is 1. The number of ether oxygens (including phenoxy) is 1. The predicted octanol–water partition coefficient (Wildman–Crippen LogP) is 2.00. The first-order chi connectivity index (χ1) is 8.70. The Morgan fingerprint density at radius 2 is 2.06 bits per heavy atom. The molecule has 1 aromatic rings. The van der Waals surface area contributed by atoms with Crippen LogP contribution in [-0.2, 0) is 14.3 Å². The molecule has 0 aliphatic carbocycles. The van der Waals surface area contributed by atoms with Gasteiger partial charge in [-0.15, -0.1) is 0 Å². The lowest BCUT2D eigenvalue weighted by atomic mass is 10.2. The van der Waals surface area contributed by atoms with Gasteiger partial charge in [-0.2, -0.15) is 0 Å². The molecular formula is C14H15NO3. The Morgan fingerprint density at radius 3 is 2.61 bits per heavy atom. The van der Waals surface area contributed by atoms with Gasteiger partial charge in [-0.1, -0.05) is 12.1 Å². The number of carbonyl (C=O) groups excluding carboxylic acids is 2. The highest BCUT2D eigenvalue weighted by molar-refractivity contribution is 5.95. The normalized spacial score (nSPS) is 15.4. The maximum Gasteiger partial charge on any atom is 0.330 e. The Kier molecular flexibility index (Phi) is 3.77. The van der Waals surface area contributed by atoms with E-state index in [4.69, 9.17) is 0 Å². The third kappa shape index (κ3) is 2.77. The molecule has 0 radical (unpaired) electrons. The molecule has 1 saturated heterocycles. The van der Waals surface area contributed by atoms with Crippen LogP contribution in [0.4, 0.5) is 5.69 Å². The van der Waals surface area contributed by atoms with Gasteiger partial charge in [0.25, 0.3) is 0 Å². The molecular weight excluding hydrogens is 230 g/mol. The highest BCUT2D eigenvalue weighted by Crippen LogP contribution is 2.21. The van der Waals surface area contributed by atoms with Gasteiger partial charge < -0.3 is 9.64 Å². The Hall–Kier alpha value is -2.10. The summed E-state index contributed by atoms with van der Waals surface area (Å²) in [5, 5.41) is 0. The lowest BCUT2D eigenvalue weighted by molar-refractivity contribution is -0.134. The van der Waals surface area contributed by atoms with Gasteiger partial charge in [0.1, 0.15) is 0 Å². The Balaban J connectivity index is 2.08. The van der Waals surface area contributed by atoms with E-state index in [-0.39, 0.29) is 11.9 Å². The quantitative estimate of drug-likeness (QED) is 0.604. The average Bonchev–Trinajstić information content (AvgIpc) is 2.83. The molecule has 0 spiro atoms. The fraction of sp³-hybridized carbons (Fsp3) is 0.286. The van der Waals surface area contributed by atoms with Crippen molar-refractivity contribution in [3.8, 4) is 0 Å². The van der Waals surface area contributed by atoms with Crippen molar-refractivity contribution in [2.75, 3.05) is 18.6 Å². The number of hydrogen-bond donors (Lipinski definition) is 0. The molecule has 0 N–H and O–H groups in total. The second-order valence-corrected chi connectivity index (χ2v) is 4.10. The predicted molar refractivity (Wildman–Crippen MR) is 69.1 cm³/mol. The molecule has 4 heteroatoms. The Labute approximate surface area is 106 Å². The van der Waals surface area contributed by atoms with Crippen molar-refractivity contribution in [1.82, 2.24) is 0 Å². The van der Waals surface area contributed by atoms with Crippen molar-refractivity contribution in [1.29, 1.82) is 0 Å². The van der Waals surface area contributed by atoms with Crippen LogP contribution in [-0.4, -0.2) is 25.5 Å². The van der Waals surface area contributed by atoms with Gasteiger partial charge in [0.15, 0.2) is 0 Å². The highest BCUT2D eigenvalue weighted by atomic mass is 16.5. The maximum absolute atomic E-state index is 11.6. The molecule has 4 nitrogen and oxygen atoms in total. The second kappa shape index (κ2) is 5.49. The number of esters is 1. The number of methoxy groups -OCH3 is 1. The molecule has 1 amide bonds. The summed E-state index contributed by atoms with van der Waals surface area (Å²) >= 11 is 0. The molecule has 1 aliphatic rings. The minimum atomic E-state index is -0.381. The summed E-state index contributed by atoms with van der Waals surface area (Å²) in [4.78, 5) is 24.3. The zero-order valence-electron chi connectivity index (χ0n) is 10.3. The second-order valence-electron chi connectivity index (χ2n) is 4.10. The first kappa shape index (κ1) is 12.4. The van der Waals surface area contributed by atoms with Crippen LogP contribution in [0.2, 0.25) is 0 Å². The van der Waals surface area contributed by atoms with Crippen LogP contribution < -0.4 is 4.90 Å². The van der Waals surface area contributed by atoms with Crippen LogP contribution in [0.1, 0.15) is 18.4 Å². The van der Waals surface area contributed by atoms with Gasteiger partial charge in [-0.3, -0.25) is 4.79 Å². The third-order valence-corrected chi connectivity index (χ3v) is 2.89. The number of rotatable bonds is 3. The lowest BCUT2D eigenvalue weighted by Crippen LogP contribution is -2.23. The summed E-state index contributed by atoms with van der Waals surface area (Å²) in [5.41, 5.74) is 1.81. The van der Waals surface area contributed by atoms with E-state index in [0.29, 0.717) is 6.42 Å². The summed E-state index contributed by atoms with van der Waals surface area (Å²) in [5.74, 6) is -0.207. The van der Waals surface area contributed by atoms with E-state index in [9.17, 15) is 9.59 Å². The SMILES string of the molecule is COC(=O)/C=C/c1ccc(N2CCCC2=O)cc1. The highest BCUT2D eigenvalue weighted by Gasteiger charge is 2.21. The van der Waals surface area contributed by atoms with Gasteiger partial charge in [0, 0.05) is 24.7 Å². The molecule has 0 atom stereocenters. The molecule has 2 rings (SSSR count). The zero-order valence-corrected chi connectivity index (χ0v) is 10.3. The van der Waals surface area contributed by atoms with Crippen molar-refractivity contribution in [2.24, 2.45) is 0 Å². The van der Waals surface area contributed by atoms with Crippen molar-refractivity contribution >= 4 is 23.6 Å². The first-order valence-electron chi connectivity index (χ1n) is 5.87. The number of hydrogen-bond acceptors (Lipinski definition) is 3. The molecule has 1 aromatic carbocycles. The fourth-order valence-corrected chi connectivity index (χ4v) is 1.92. The van der Waals surface area contributed by atoms with E-state index in [1.165, 1.54) is 13.2 Å². The van der Waals surface area contributed by atoms with E-state index in [2.05, 4.69) is 4.74 Å². The van der Waals surface area contributed by atoms with Crippen molar-refractivity contribution < 1.29 is 14.3 Å². The minimum Gasteiger partial charge on any atom is -0.466 e. The van der Waals surface area contributed by atoms with Crippen LogP contribution >= 0.6 is 0 Å². The van der Waals surface area contributed by atoms with E-state index in [1.807, 2.05) is 24.3 Å². The molecule has 1 aliphatic heterocycles.